The summed E-state index contributed by atoms with van der Waals surface area (Å²) in [5.41, 5.74) is -0.482. The summed E-state index contributed by atoms with van der Waals surface area (Å²) in [6.07, 6.45) is -1.96. The molecule has 1 amide bonds. The molecule has 11 heteroatoms. The van der Waals surface area contributed by atoms with E-state index in [9.17, 15) is 31.5 Å². The van der Waals surface area contributed by atoms with Crippen LogP contribution in [0.25, 0.3) is 0 Å². The fraction of sp³-hybridized carbons (Fsp3) is 0.286. The molecular weight excluding hydrogens is 381 g/mol. The van der Waals surface area contributed by atoms with Gasteiger partial charge in [0.15, 0.2) is 23.3 Å². The maximum Gasteiger partial charge on any atom is 0.427 e. The third-order valence-electron chi connectivity index (χ3n) is 3.03. The highest BCUT2D eigenvalue weighted by Crippen LogP contribution is 2.32. The number of carbonyl (C=O) groups is 1. The summed E-state index contributed by atoms with van der Waals surface area (Å²) >= 11 is 1.01. The summed E-state index contributed by atoms with van der Waals surface area (Å²) in [6, 6.07) is 0.850. The molecule has 0 atom stereocenters. The van der Waals surface area contributed by atoms with E-state index in [0.29, 0.717) is 17.1 Å². The zero-order valence-corrected chi connectivity index (χ0v) is 14.9. The van der Waals surface area contributed by atoms with Gasteiger partial charge in [-0.15, -0.1) is 15.6 Å². The van der Waals surface area contributed by atoms with Crippen LogP contribution >= 0.6 is 11.3 Å². The Morgan fingerprint density at radius 3 is 2.28 bits per heavy atom. The molecule has 1 aromatic heterocycles. The molecule has 0 saturated heterocycles. The van der Waals surface area contributed by atoms with E-state index < -0.39 is 49.7 Å². The Balaban J connectivity index is 2.63. The van der Waals surface area contributed by atoms with Crippen LogP contribution in [-0.4, -0.2) is 24.6 Å². The second-order valence-corrected chi connectivity index (χ2v) is 8.60. The third kappa shape index (κ3) is 3.47. The van der Waals surface area contributed by atoms with Crippen LogP contribution in [0.3, 0.4) is 0 Å². The topological polar surface area (TPSA) is 87.6 Å². The molecule has 2 rings (SSSR count). The van der Waals surface area contributed by atoms with Gasteiger partial charge < -0.3 is 5.11 Å². The summed E-state index contributed by atoms with van der Waals surface area (Å²) in [7, 11) is -5.06. The molecule has 0 saturated carbocycles. The number of halogens is 3. The number of benzene rings is 1. The van der Waals surface area contributed by atoms with E-state index in [1.54, 1.807) is 20.8 Å². The zero-order valence-electron chi connectivity index (χ0n) is 13.2. The van der Waals surface area contributed by atoms with Crippen molar-refractivity contribution in [1.82, 2.24) is 4.98 Å². The Morgan fingerprint density at radius 2 is 1.80 bits per heavy atom. The molecule has 0 bridgehead atoms. The number of sulfonamides is 1. The van der Waals surface area contributed by atoms with Crippen molar-refractivity contribution in [2.24, 2.45) is 0 Å². The fourth-order valence-corrected chi connectivity index (χ4v) is 4.07. The number of nitrogens with zero attached hydrogens (tertiary/aromatic N) is 2. The first kappa shape index (κ1) is 19.2. The molecule has 1 aromatic carbocycles. The SMILES string of the molecule is CC(C)(C)c1nc(N(C(=O)O)S(=O)(=O)c2ccc(F)c(F)c2F)cs1. The van der Waals surface area contributed by atoms with Crippen molar-refractivity contribution in [1.29, 1.82) is 0 Å². The second-order valence-electron chi connectivity index (χ2n) is 5.99. The van der Waals surface area contributed by atoms with Crippen LogP contribution in [0.2, 0.25) is 0 Å². The minimum absolute atomic E-state index is 0.172. The average molecular weight is 394 g/mol. The first-order chi connectivity index (χ1) is 11.4. The second kappa shape index (κ2) is 6.30. The molecule has 0 aliphatic heterocycles. The van der Waals surface area contributed by atoms with Crippen LogP contribution in [0.5, 0.6) is 0 Å². The van der Waals surface area contributed by atoms with Gasteiger partial charge in [0.2, 0.25) is 0 Å². The maximum absolute atomic E-state index is 13.9. The van der Waals surface area contributed by atoms with Crippen molar-refractivity contribution >= 4 is 33.3 Å². The zero-order chi connectivity index (χ0) is 19.2. The maximum atomic E-state index is 13.9. The van der Waals surface area contributed by atoms with E-state index >= 15 is 0 Å². The van der Waals surface area contributed by atoms with Crippen LogP contribution < -0.4 is 4.31 Å². The molecule has 1 N–H and O–H groups in total. The van der Waals surface area contributed by atoms with Gasteiger partial charge in [-0.25, -0.2) is 31.4 Å². The number of hydrogen-bond acceptors (Lipinski definition) is 5. The first-order valence-electron chi connectivity index (χ1n) is 6.75. The lowest BCUT2D eigenvalue weighted by molar-refractivity contribution is 0.206. The van der Waals surface area contributed by atoms with Gasteiger partial charge in [-0.1, -0.05) is 20.8 Å². The average Bonchev–Trinajstić information content (AvgIpc) is 2.93. The van der Waals surface area contributed by atoms with Crippen LogP contribution in [-0.2, 0) is 15.4 Å². The Labute approximate surface area is 145 Å². The number of hydrogen-bond donors (Lipinski definition) is 1. The van der Waals surface area contributed by atoms with Crippen molar-refractivity contribution in [2.45, 2.75) is 31.1 Å². The molecule has 6 nitrogen and oxygen atoms in total. The minimum atomic E-state index is -5.06. The number of rotatable bonds is 3. The summed E-state index contributed by atoms with van der Waals surface area (Å²) in [5, 5.41) is 10.9. The van der Waals surface area contributed by atoms with Gasteiger partial charge in [0.25, 0.3) is 10.0 Å². The molecule has 25 heavy (non-hydrogen) atoms. The van der Waals surface area contributed by atoms with Crippen molar-refractivity contribution in [3.8, 4) is 0 Å². The summed E-state index contributed by atoms with van der Waals surface area (Å²) in [5.74, 6) is -6.09. The van der Waals surface area contributed by atoms with Crippen molar-refractivity contribution in [3.05, 3.63) is 40.0 Å². The van der Waals surface area contributed by atoms with E-state index in [2.05, 4.69) is 4.98 Å². The quantitative estimate of drug-likeness (QED) is 0.802. The van der Waals surface area contributed by atoms with Crippen molar-refractivity contribution in [2.75, 3.05) is 4.31 Å². The number of aromatic nitrogens is 1. The largest absolute Gasteiger partial charge is 0.464 e. The van der Waals surface area contributed by atoms with Gasteiger partial charge in [0.1, 0.15) is 9.90 Å². The molecule has 1 heterocycles. The number of amides is 1. The Bertz CT molecular complexity index is 936. The van der Waals surface area contributed by atoms with E-state index in [1.807, 2.05) is 0 Å². The lowest BCUT2D eigenvalue weighted by Crippen LogP contribution is -2.37. The van der Waals surface area contributed by atoms with E-state index in [4.69, 9.17) is 0 Å². The first-order valence-corrected chi connectivity index (χ1v) is 9.07. The van der Waals surface area contributed by atoms with E-state index in [0.717, 1.165) is 11.3 Å². The Morgan fingerprint density at radius 1 is 1.20 bits per heavy atom. The summed E-state index contributed by atoms with van der Waals surface area (Å²) in [6.45, 7) is 5.35. The predicted molar refractivity (Wildman–Crippen MR) is 84.8 cm³/mol. The molecule has 2 aromatic rings. The molecule has 136 valence electrons. The van der Waals surface area contributed by atoms with Gasteiger partial charge in [-0.3, -0.25) is 0 Å². The van der Waals surface area contributed by atoms with E-state index in [-0.39, 0.29) is 4.31 Å². The van der Waals surface area contributed by atoms with Crippen LogP contribution in [0.15, 0.2) is 22.4 Å². The highest BCUT2D eigenvalue weighted by molar-refractivity contribution is 7.93. The van der Waals surface area contributed by atoms with Crippen molar-refractivity contribution < 1.29 is 31.5 Å². The molecule has 0 radical (unpaired) electrons. The number of carboxylic acid groups (broad SMARTS) is 1. The lowest BCUT2D eigenvalue weighted by atomic mass is 9.98. The summed E-state index contributed by atoms with van der Waals surface area (Å²) < 4.78 is 65.1. The van der Waals surface area contributed by atoms with Crippen LogP contribution in [0, 0.1) is 17.5 Å². The van der Waals surface area contributed by atoms with Gasteiger partial charge in [0, 0.05) is 10.8 Å². The molecular formula is C14H13F3N2O4S2. The number of anilines is 1. The molecule has 0 aliphatic carbocycles. The van der Waals surface area contributed by atoms with Gasteiger partial charge in [-0.2, -0.15) is 0 Å². The molecule has 0 spiro atoms. The highest BCUT2D eigenvalue weighted by Gasteiger charge is 2.37. The normalized spacial score (nSPS) is 12.2. The van der Waals surface area contributed by atoms with Crippen LogP contribution in [0.4, 0.5) is 23.8 Å². The molecule has 0 fully saturated rings. The molecule has 0 aliphatic rings. The lowest BCUT2D eigenvalue weighted by Gasteiger charge is -2.18. The fourth-order valence-electron chi connectivity index (χ4n) is 1.83. The monoisotopic (exact) mass is 394 g/mol. The van der Waals surface area contributed by atoms with Crippen molar-refractivity contribution in [3.63, 3.8) is 0 Å². The number of thiazole rings is 1. The Hall–Kier alpha value is -2.14. The smallest absolute Gasteiger partial charge is 0.427 e. The van der Waals surface area contributed by atoms with Gasteiger partial charge >= 0.3 is 6.09 Å². The summed E-state index contributed by atoms with van der Waals surface area (Å²) in [4.78, 5) is 14.1. The van der Waals surface area contributed by atoms with E-state index in [1.165, 1.54) is 5.38 Å². The minimum Gasteiger partial charge on any atom is -0.464 e. The molecule has 0 unspecified atom stereocenters. The van der Waals surface area contributed by atoms with Crippen LogP contribution in [0.1, 0.15) is 25.8 Å². The third-order valence-corrected chi connectivity index (χ3v) is 5.98. The standard InChI is InChI=1S/C14H13F3N2O4S2/c1-14(2,3)12-18-9(6-24-12)19(13(20)21)25(22,23)8-5-4-7(15)10(16)11(8)17/h4-6H,1-3H3,(H,20,21). The Kier molecular flexibility index (Phi) is 4.83. The van der Waals surface area contributed by atoms with Gasteiger partial charge in [0.05, 0.1) is 0 Å². The highest BCUT2D eigenvalue weighted by atomic mass is 32.2. The predicted octanol–water partition coefficient (Wildman–Crippen LogP) is 3.73. The van der Waals surface area contributed by atoms with Gasteiger partial charge in [-0.05, 0) is 12.1 Å².